The van der Waals surface area contributed by atoms with Crippen molar-refractivity contribution in [2.75, 3.05) is 6.61 Å². The number of rotatable bonds is 3. The van der Waals surface area contributed by atoms with Crippen LogP contribution in [0.15, 0.2) is 42.7 Å². The molecule has 1 atom stereocenters. The Balaban J connectivity index is 2.47. The van der Waals surface area contributed by atoms with Crippen LogP contribution in [0.2, 0.25) is 0 Å². The van der Waals surface area contributed by atoms with Crippen LogP contribution in [-0.4, -0.2) is 21.5 Å². The lowest BCUT2D eigenvalue weighted by molar-refractivity contribution is 0.273. The molecule has 2 rings (SSSR count). The predicted octanol–water partition coefficient (Wildman–Crippen LogP) is 1.97. The van der Waals surface area contributed by atoms with Crippen molar-refractivity contribution >= 4 is 0 Å². The second-order valence-electron chi connectivity index (χ2n) is 3.59. The lowest BCUT2D eigenvalue weighted by Crippen LogP contribution is -2.05. The van der Waals surface area contributed by atoms with E-state index in [1.54, 1.807) is 6.20 Å². The lowest BCUT2D eigenvalue weighted by atomic mass is 10.0. The van der Waals surface area contributed by atoms with Gasteiger partial charge in [0.1, 0.15) is 0 Å². The zero-order valence-corrected chi connectivity index (χ0v) is 8.67. The van der Waals surface area contributed by atoms with Crippen LogP contribution in [0, 0.1) is 0 Å². The van der Waals surface area contributed by atoms with Crippen molar-refractivity contribution in [2.24, 2.45) is 0 Å². The van der Waals surface area contributed by atoms with Crippen LogP contribution in [0.25, 0.3) is 5.69 Å². The molecular weight excluding hydrogens is 188 g/mol. The van der Waals surface area contributed by atoms with Gasteiger partial charge in [0.2, 0.25) is 0 Å². The fraction of sp³-hybridized carbons (Fsp3) is 0.250. The van der Waals surface area contributed by atoms with E-state index in [0.29, 0.717) is 0 Å². The van der Waals surface area contributed by atoms with Gasteiger partial charge in [-0.25, -0.2) is 4.68 Å². The van der Waals surface area contributed by atoms with Gasteiger partial charge in [-0.1, -0.05) is 25.1 Å². The highest BCUT2D eigenvalue weighted by atomic mass is 16.3. The van der Waals surface area contributed by atoms with Gasteiger partial charge in [-0.15, -0.1) is 0 Å². The third-order valence-corrected chi connectivity index (χ3v) is 2.49. The van der Waals surface area contributed by atoms with Crippen LogP contribution in [-0.2, 0) is 0 Å². The van der Waals surface area contributed by atoms with Crippen LogP contribution >= 0.6 is 0 Å². The van der Waals surface area contributed by atoms with Crippen LogP contribution in [0.3, 0.4) is 0 Å². The molecule has 0 aliphatic carbocycles. The molecule has 0 aliphatic heterocycles. The molecule has 1 aromatic carbocycles. The van der Waals surface area contributed by atoms with E-state index in [0.717, 1.165) is 11.3 Å². The lowest BCUT2D eigenvalue weighted by Gasteiger charge is -2.13. The highest BCUT2D eigenvalue weighted by Crippen LogP contribution is 2.21. The summed E-state index contributed by atoms with van der Waals surface area (Å²) in [6.07, 6.45) is 3.66. The Hall–Kier alpha value is -1.61. The number of benzene rings is 1. The molecule has 0 aliphatic rings. The maximum atomic E-state index is 9.18. The number of aliphatic hydroxyl groups excluding tert-OH is 1. The van der Waals surface area contributed by atoms with Crippen molar-refractivity contribution < 1.29 is 5.11 Å². The fourth-order valence-electron chi connectivity index (χ4n) is 1.62. The molecule has 0 spiro atoms. The first-order valence-electron chi connectivity index (χ1n) is 5.02. The topological polar surface area (TPSA) is 38.0 Å². The second kappa shape index (κ2) is 4.28. The Morgan fingerprint density at radius 2 is 2.13 bits per heavy atom. The molecule has 0 fully saturated rings. The molecule has 1 aromatic heterocycles. The van der Waals surface area contributed by atoms with Crippen molar-refractivity contribution in [3.8, 4) is 5.69 Å². The van der Waals surface area contributed by atoms with Crippen molar-refractivity contribution in [1.82, 2.24) is 9.78 Å². The number of hydrogen-bond donors (Lipinski definition) is 1. The molecule has 0 amide bonds. The molecule has 15 heavy (non-hydrogen) atoms. The summed E-state index contributed by atoms with van der Waals surface area (Å²) in [5, 5.41) is 13.4. The molecule has 1 heterocycles. The summed E-state index contributed by atoms with van der Waals surface area (Å²) >= 11 is 0. The largest absolute Gasteiger partial charge is 0.396 e. The quantitative estimate of drug-likeness (QED) is 0.826. The van der Waals surface area contributed by atoms with Gasteiger partial charge in [0.25, 0.3) is 0 Å². The van der Waals surface area contributed by atoms with Crippen molar-refractivity contribution in [3.05, 3.63) is 48.3 Å². The van der Waals surface area contributed by atoms with E-state index in [1.165, 1.54) is 0 Å². The Labute approximate surface area is 89.0 Å². The summed E-state index contributed by atoms with van der Waals surface area (Å²) < 4.78 is 1.82. The molecule has 0 saturated carbocycles. The van der Waals surface area contributed by atoms with Gasteiger partial charge in [0, 0.05) is 24.9 Å². The Bertz CT molecular complexity index is 423. The monoisotopic (exact) mass is 202 g/mol. The summed E-state index contributed by atoms with van der Waals surface area (Å²) in [4.78, 5) is 0. The smallest absolute Gasteiger partial charge is 0.0681 e. The number of aliphatic hydroxyl groups is 1. The average Bonchev–Trinajstić information content (AvgIpc) is 2.81. The number of para-hydroxylation sites is 1. The van der Waals surface area contributed by atoms with E-state index < -0.39 is 0 Å². The van der Waals surface area contributed by atoms with E-state index in [9.17, 15) is 5.11 Å². The molecule has 0 bridgehead atoms. The number of aromatic nitrogens is 2. The molecule has 0 saturated heterocycles. The number of hydrogen-bond acceptors (Lipinski definition) is 2. The minimum Gasteiger partial charge on any atom is -0.396 e. The van der Waals surface area contributed by atoms with Gasteiger partial charge >= 0.3 is 0 Å². The highest BCUT2D eigenvalue weighted by Gasteiger charge is 2.10. The molecule has 1 unspecified atom stereocenters. The maximum Gasteiger partial charge on any atom is 0.0681 e. The van der Waals surface area contributed by atoms with Gasteiger partial charge in [0.05, 0.1) is 5.69 Å². The first-order chi connectivity index (χ1) is 7.33. The van der Waals surface area contributed by atoms with E-state index >= 15 is 0 Å². The molecule has 2 aromatic rings. The van der Waals surface area contributed by atoms with Crippen LogP contribution in [0.1, 0.15) is 18.4 Å². The molecule has 1 N–H and O–H groups in total. The summed E-state index contributed by atoms with van der Waals surface area (Å²) in [5.74, 6) is 0.130. The first-order valence-corrected chi connectivity index (χ1v) is 5.02. The Kier molecular flexibility index (Phi) is 2.83. The van der Waals surface area contributed by atoms with Crippen LogP contribution < -0.4 is 0 Å². The first kappa shape index (κ1) is 9.93. The Morgan fingerprint density at radius 3 is 2.80 bits per heavy atom. The fourth-order valence-corrected chi connectivity index (χ4v) is 1.62. The summed E-state index contributed by atoms with van der Waals surface area (Å²) in [6.45, 7) is 2.15. The maximum absolute atomic E-state index is 9.18. The third-order valence-electron chi connectivity index (χ3n) is 2.49. The summed E-state index contributed by atoms with van der Waals surface area (Å²) in [5.41, 5.74) is 2.15. The normalized spacial score (nSPS) is 12.7. The van der Waals surface area contributed by atoms with Gasteiger partial charge in [-0.05, 0) is 17.7 Å². The highest BCUT2D eigenvalue weighted by molar-refractivity contribution is 5.42. The van der Waals surface area contributed by atoms with Gasteiger partial charge in [0.15, 0.2) is 0 Å². The molecule has 0 radical (unpaired) electrons. The molecule has 3 heteroatoms. The zero-order chi connectivity index (χ0) is 10.7. The van der Waals surface area contributed by atoms with E-state index in [4.69, 9.17) is 0 Å². The third kappa shape index (κ3) is 1.92. The van der Waals surface area contributed by atoms with Crippen LogP contribution in [0.4, 0.5) is 0 Å². The van der Waals surface area contributed by atoms with Crippen molar-refractivity contribution in [2.45, 2.75) is 12.8 Å². The van der Waals surface area contributed by atoms with Crippen LogP contribution in [0.5, 0.6) is 0 Å². The molecule has 78 valence electrons. The average molecular weight is 202 g/mol. The van der Waals surface area contributed by atoms with Gasteiger partial charge < -0.3 is 5.11 Å². The SMILES string of the molecule is CC(CO)c1ccccc1-n1cccn1. The summed E-state index contributed by atoms with van der Waals surface area (Å²) in [6, 6.07) is 9.88. The number of nitrogens with zero attached hydrogens (tertiary/aromatic N) is 2. The van der Waals surface area contributed by atoms with E-state index in [2.05, 4.69) is 5.10 Å². The standard InChI is InChI=1S/C12H14N2O/c1-10(9-15)11-5-2-3-6-12(11)14-8-4-7-13-14/h2-8,10,15H,9H2,1H3. The minimum absolute atomic E-state index is 0.130. The predicted molar refractivity (Wildman–Crippen MR) is 59.1 cm³/mol. The van der Waals surface area contributed by atoms with Crippen molar-refractivity contribution in [1.29, 1.82) is 0 Å². The van der Waals surface area contributed by atoms with E-state index in [1.807, 2.05) is 48.1 Å². The minimum atomic E-state index is 0.130. The van der Waals surface area contributed by atoms with E-state index in [-0.39, 0.29) is 12.5 Å². The van der Waals surface area contributed by atoms with Gasteiger partial charge in [-0.2, -0.15) is 5.10 Å². The summed E-state index contributed by atoms with van der Waals surface area (Å²) in [7, 11) is 0. The zero-order valence-electron chi connectivity index (χ0n) is 8.67. The van der Waals surface area contributed by atoms with Crippen molar-refractivity contribution in [3.63, 3.8) is 0 Å². The Morgan fingerprint density at radius 1 is 1.33 bits per heavy atom. The molecule has 3 nitrogen and oxygen atoms in total. The van der Waals surface area contributed by atoms with Gasteiger partial charge in [-0.3, -0.25) is 0 Å². The molecular formula is C12H14N2O. The second-order valence-corrected chi connectivity index (χ2v) is 3.59.